The molecule has 100 valence electrons. The van der Waals surface area contributed by atoms with E-state index in [0.717, 1.165) is 37.9 Å². The molecule has 0 spiro atoms. The zero-order chi connectivity index (χ0) is 13.2. The number of carbonyl (C=O) groups is 1. The average molecular weight is 268 g/mol. The Hall–Kier alpha value is -0.940. The number of likely N-dealkylation sites (tertiary alicyclic amines) is 1. The Kier molecular flexibility index (Phi) is 4.02. The number of aromatic nitrogens is 1. The van der Waals surface area contributed by atoms with Crippen LogP contribution in [0.4, 0.5) is 0 Å². The SMILES string of the molecule is CCCC1(C(=O)O)CCCN1C(C)c1cscn1. The van der Waals surface area contributed by atoms with Crippen molar-refractivity contribution in [2.45, 2.75) is 51.1 Å². The molecule has 0 saturated carbocycles. The van der Waals surface area contributed by atoms with E-state index in [2.05, 4.69) is 23.7 Å². The van der Waals surface area contributed by atoms with Gasteiger partial charge in [0.15, 0.2) is 0 Å². The molecule has 2 heterocycles. The van der Waals surface area contributed by atoms with E-state index in [9.17, 15) is 9.90 Å². The van der Waals surface area contributed by atoms with E-state index in [0.29, 0.717) is 0 Å². The Morgan fingerprint density at radius 1 is 1.72 bits per heavy atom. The monoisotopic (exact) mass is 268 g/mol. The lowest BCUT2D eigenvalue weighted by atomic mass is 9.89. The van der Waals surface area contributed by atoms with Gasteiger partial charge in [0.1, 0.15) is 5.54 Å². The van der Waals surface area contributed by atoms with Crippen LogP contribution in [0.3, 0.4) is 0 Å². The molecule has 1 aliphatic rings. The van der Waals surface area contributed by atoms with Crippen LogP contribution in [0.15, 0.2) is 10.9 Å². The van der Waals surface area contributed by atoms with Gasteiger partial charge in [0.2, 0.25) is 0 Å². The minimum atomic E-state index is -0.683. The summed E-state index contributed by atoms with van der Waals surface area (Å²) in [4.78, 5) is 18.2. The van der Waals surface area contributed by atoms with Crippen molar-refractivity contribution < 1.29 is 9.90 Å². The lowest BCUT2D eigenvalue weighted by Gasteiger charge is -2.38. The third-order valence-electron chi connectivity index (χ3n) is 3.95. The molecule has 2 rings (SSSR count). The van der Waals surface area contributed by atoms with Crippen molar-refractivity contribution in [2.24, 2.45) is 0 Å². The Labute approximate surface area is 112 Å². The summed E-state index contributed by atoms with van der Waals surface area (Å²) in [5.41, 5.74) is 2.12. The maximum Gasteiger partial charge on any atom is 0.324 e. The van der Waals surface area contributed by atoms with Crippen molar-refractivity contribution in [1.29, 1.82) is 0 Å². The van der Waals surface area contributed by atoms with Crippen LogP contribution in [0.25, 0.3) is 0 Å². The predicted molar refractivity (Wildman–Crippen MR) is 71.7 cm³/mol. The molecule has 1 aliphatic heterocycles. The zero-order valence-electron chi connectivity index (χ0n) is 10.9. The summed E-state index contributed by atoms with van der Waals surface area (Å²) < 4.78 is 0. The molecule has 0 aliphatic carbocycles. The molecule has 0 aromatic carbocycles. The zero-order valence-corrected chi connectivity index (χ0v) is 11.7. The van der Waals surface area contributed by atoms with E-state index >= 15 is 0 Å². The van der Waals surface area contributed by atoms with Crippen molar-refractivity contribution in [3.05, 3.63) is 16.6 Å². The number of hydrogen-bond donors (Lipinski definition) is 1. The van der Waals surface area contributed by atoms with Crippen molar-refractivity contribution in [3.63, 3.8) is 0 Å². The molecule has 1 aromatic rings. The summed E-state index contributed by atoms with van der Waals surface area (Å²) in [5, 5.41) is 11.7. The molecule has 18 heavy (non-hydrogen) atoms. The van der Waals surface area contributed by atoms with Gasteiger partial charge in [-0.2, -0.15) is 0 Å². The first-order valence-electron chi connectivity index (χ1n) is 6.50. The highest BCUT2D eigenvalue weighted by atomic mass is 32.1. The van der Waals surface area contributed by atoms with Gasteiger partial charge < -0.3 is 5.11 Å². The summed E-state index contributed by atoms with van der Waals surface area (Å²) in [6.07, 6.45) is 3.33. The molecule has 2 unspecified atom stereocenters. The fourth-order valence-corrected chi connectivity index (χ4v) is 3.71. The highest BCUT2D eigenvalue weighted by molar-refractivity contribution is 7.07. The van der Waals surface area contributed by atoms with Gasteiger partial charge in [-0.05, 0) is 32.7 Å². The number of rotatable bonds is 5. The number of nitrogens with zero attached hydrogens (tertiary/aromatic N) is 2. The summed E-state index contributed by atoms with van der Waals surface area (Å²) in [6, 6.07) is 0.0846. The smallest absolute Gasteiger partial charge is 0.324 e. The normalized spacial score (nSPS) is 26.3. The Morgan fingerprint density at radius 2 is 2.50 bits per heavy atom. The van der Waals surface area contributed by atoms with E-state index in [1.807, 2.05) is 10.9 Å². The van der Waals surface area contributed by atoms with Gasteiger partial charge in [-0.1, -0.05) is 13.3 Å². The Morgan fingerprint density at radius 3 is 3.06 bits per heavy atom. The van der Waals surface area contributed by atoms with Gasteiger partial charge in [0.25, 0.3) is 0 Å². The predicted octanol–water partition coefficient (Wildman–Crippen LogP) is 2.92. The van der Waals surface area contributed by atoms with Crippen LogP contribution >= 0.6 is 11.3 Å². The van der Waals surface area contributed by atoms with Gasteiger partial charge in [0, 0.05) is 5.38 Å². The maximum atomic E-state index is 11.7. The topological polar surface area (TPSA) is 53.4 Å². The largest absolute Gasteiger partial charge is 0.480 e. The second-order valence-corrected chi connectivity index (χ2v) is 5.69. The minimum absolute atomic E-state index is 0.0846. The average Bonchev–Trinajstić information content (AvgIpc) is 2.98. The molecule has 1 aromatic heterocycles. The fourth-order valence-electron chi connectivity index (χ4n) is 3.07. The van der Waals surface area contributed by atoms with Crippen molar-refractivity contribution >= 4 is 17.3 Å². The van der Waals surface area contributed by atoms with Crippen molar-refractivity contribution in [2.75, 3.05) is 6.54 Å². The minimum Gasteiger partial charge on any atom is -0.480 e. The highest BCUT2D eigenvalue weighted by Crippen LogP contribution is 2.39. The second-order valence-electron chi connectivity index (χ2n) is 4.97. The van der Waals surface area contributed by atoms with E-state index in [-0.39, 0.29) is 6.04 Å². The molecular weight excluding hydrogens is 248 g/mol. The molecule has 4 nitrogen and oxygen atoms in total. The molecule has 0 amide bonds. The summed E-state index contributed by atoms with van der Waals surface area (Å²) >= 11 is 1.56. The van der Waals surface area contributed by atoms with Crippen molar-refractivity contribution in [1.82, 2.24) is 9.88 Å². The van der Waals surface area contributed by atoms with Crippen LogP contribution in [0.5, 0.6) is 0 Å². The van der Waals surface area contributed by atoms with Gasteiger partial charge in [-0.25, -0.2) is 4.98 Å². The molecule has 2 atom stereocenters. The quantitative estimate of drug-likeness (QED) is 0.892. The molecular formula is C13H20N2O2S. The van der Waals surface area contributed by atoms with Crippen LogP contribution in [0.2, 0.25) is 0 Å². The third kappa shape index (κ3) is 2.17. The molecule has 1 saturated heterocycles. The second kappa shape index (κ2) is 5.36. The number of carboxylic acids is 1. The van der Waals surface area contributed by atoms with Crippen LogP contribution in [-0.2, 0) is 4.79 Å². The molecule has 1 N–H and O–H groups in total. The van der Waals surface area contributed by atoms with E-state index < -0.39 is 11.5 Å². The summed E-state index contributed by atoms with van der Waals surface area (Å²) in [6.45, 7) is 4.97. The van der Waals surface area contributed by atoms with E-state index in [4.69, 9.17) is 0 Å². The van der Waals surface area contributed by atoms with Gasteiger partial charge in [0.05, 0.1) is 17.2 Å². The Balaban J connectivity index is 2.27. The van der Waals surface area contributed by atoms with Gasteiger partial charge in [-0.3, -0.25) is 9.69 Å². The number of carboxylic acid groups (broad SMARTS) is 1. The van der Waals surface area contributed by atoms with Gasteiger partial charge in [-0.15, -0.1) is 11.3 Å². The van der Waals surface area contributed by atoms with Crippen LogP contribution in [0.1, 0.15) is 51.3 Å². The molecule has 0 radical (unpaired) electrons. The number of hydrogen-bond acceptors (Lipinski definition) is 4. The molecule has 5 heteroatoms. The number of aliphatic carboxylic acids is 1. The first-order chi connectivity index (χ1) is 8.62. The third-order valence-corrected chi connectivity index (χ3v) is 4.55. The standard InChI is InChI=1S/C13H20N2O2S/c1-3-5-13(12(16)17)6-4-7-15(13)10(2)11-8-18-9-14-11/h8-10H,3-7H2,1-2H3,(H,16,17). The van der Waals surface area contributed by atoms with E-state index in [1.54, 1.807) is 11.3 Å². The highest BCUT2D eigenvalue weighted by Gasteiger charge is 2.48. The summed E-state index contributed by atoms with van der Waals surface area (Å²) in [5.74, 6) is -0.677. The van der Waals surface area contributed by atoms with Crippen LogP contribution < -0.4 is 0 Å². The molecule has 0 bridgehead atoms. The fraction of sp³-hybridized carbons (Fsp3) is 0.692. The Bertz CT molecular complexity index is 407. The summed E-state index contributed by atoms with van der Waals surface area (Å²) in [7, 11) is 0. The maximum absolute atomic E-state index is 11.7. The first kappa shape index (κ1) is 13.5. The van der Waals surface area contributed by atoms with Crippen molar-refractivity contribution in [3.8, 4) is 0 Å². The molecule has 1 fully saturated rings. The lowest BCUT2D eigenvalue weighted by Crippen LogP contribution is -2.51. The van der Waals surface area contributed by atoms with Crippen LogP contribution in [0, 0.1) is 0 Å². The van der Waals surface area contributed by atoms with Gasteiger partial charge >= 0.3 is 5.97 Å². The van der Waals surface area contributed by atoms with E-state index in [1.165, 1.54) is 0 Å². The lowest BCUT2D eigenvalue weighted by molar-refractivity contribution is -0.151. The number of thiazole rings is 1. The first-order valence-corrected chi connectivity index (χ1v) is 7.44. The van der Waals surface area contributed by atoms with Crippen LogP contribution in [-0.4, -0.2) is 33.0 Å².